The highest BCUT2D eigenvalue weighted by molar-refractivity contribution is 6.06. The SMILES string of the molecule is C[C@H](C(=O)Nc1cc(C(=O)Nc2ccc(-c3ccc(N)cc3)nc2)ccc1OC(F)(F)F)N1CCOCC1. The Morgan fingerprint density at radius 3 is 2.39 bits per heavy atom. The second kappa shape index (κ2) is 11.5. The predicted molar refractivity (Wildman–Crippen MR) is 136 cm³/mol. The van der Waals surface area contributed by atoms with Crippen molar-refractivity contribution in [3.8, 4) is 17.0 Å². The fourth-order valence-corrected chi connectivity index (χ4v) is 3.85. The van der Waals surface area contributed by atoms with E-state index >= 15 is 0 Å². The first-order chi connectivity index (χ1) is 18.1. The zero-order valence-corrected chi connectivity index (χ0v) is 20.4. The zero-order chi connectivity index (χ0) is 27.3. The average Bonchev–Trinajstić information content (AvgIpc) is 2.90. The van der Waals surface area contributed by atoms with Crippen molar-refractivity contribution < 1.29 is 32.2 Å². The molecule has 1 saturated heterocycles. The molecule has 0 radical (unpaired) electrons. The molecular formula is C26H26F3N5O4. The smallest absolute Gasteiger partial charge is 0.404 e. The zero-order valence-electron chi connectivity index (χ0n) is 20.4. The lowest BCUT2D eigenvalue weighted by Gasteiger charge is -2.31. The Kier molecular flexibility index (Phi) is 8.13. The number of morpholine rings is 1. The van der Waals surface area contributed by atoms with E-state index in [2.05, 4.69) is 20.4 Å². The Morgan fingerprint density at radius 2 is 1.76 bits per heavy atom. The summed E-state index contributed by atoms with van der Waals surface area (Å²) in [6.45, 7) is 3.56. The van der Waals surface area contributed by atoms with Gasteiger partial charge in [0.25, 0.3) is 5.91 Å². The molecular weight excluding hydrogens is 503 g/mol. The van der Waals surface area contributed by atoms with Crippen molar-refractivity contribution in [3.63, 3.8) is 0 Å². The topological polar surface area (TPSA) is 119 Å². The summed E-state index contributed by atoms with van der Waals surface area (Å²) in [5, 5.41) is 5.12. The predicted octanol–water partition coefficient (Wildman–Crippen LogP) is 4.14. The molecule has 0 unspecified atom stereocenters. The van der Waals surface area contributed by atoms with E-state index in [9.17, 15) is 22.8 Å². The summed E-state index contributed by atoms with van der Waals surface area (Å²) >= 11 is 0. The summed E-state index contributed by atoms with van der Waals surface area (Å²) in [6, 6.07) is 13.1. The van der Waals surface area contributed by atoms with Gasteiger partial charge >= 0.3 is 6.36 Å². The van der Waals surface area contributed by atoms with Crippen molar-refractivity contribution in [3.05, 3.63) is 66.4 Å². The highest BCUT2D eigenvalue weighted by atomic mass is 19.4. The van der Waals surface area contributed by atoms with Crippen LogP contribution in [0.15, 0.2) is 60.8 Å². The molecule has 38 heavy (non-hydrogen) atoms. The minimum atomic E-state index is -4.99. The van der Waals surface area contributed by atoms with E-state index in [1.165, 1.54) is 12.3 Å². The third kappa shape index (κ3) is 6.99. The number of aromatic nitrogens is 1. The fraction of sp³-hybridized carbons (Fsp3) is 0.269. The molecule has 2 aromatic carbocycles. The summed E-state index contributed by atoms with van der Waals surface area (Å²) in [6.07, 6.45) is -3.53. The summed E-state index contributed by atoms with van der Waals surface area (Å²) in [5.74, 6) is -1.78. The van der Waals surface area contributed by atoms with E-state index in [0.29, 0.717) is 43.4 Å². The van der Waals surface area contributed by atoms with Crippen LogP contribution in [0.2, 0.25) is 0 Å². The molecule has 3 aromatic rings. The molecule has 12 heteroatoms. The van der Waals surface area contributed by atoms with Crippen LogP contribution < -0.4 is 21.1 Å². The van der Waals surface area contributed by atoms with Gasteiger partial charge in [0, 0.05) is 29.9 Å². The first-order valence-corrected chi connectivity index (χ1v) is 11.7. The second-order valence-electron chi connectivity index (χ2n) is 8.58. The number of nitrogens with zero attached hydrogens (tertiary/aromatic N) is 2. The molecule has 1 aromatic heterocycles. The van der Waals surface area contributed by atoms with Crippen molar-refractivity contribution in [1.29, 1.82) is 0 Å². The first kappa shape index (κ1) is 26.9. The Hall–Kier alpha value is -4.16. The summed E-state index contributed by atoms with van der Waals surface area (Å²) in [7, 11) is 0. The largest absolute Gasteiger partial charge is 0.573 e. The molecule has 4 rings (SSSR count). The number of nitrogens with two attached hydrogens (primary N) is 1. The van der Waals surface area contributed by atoms with Crippen LogP contribution in [0.1, 0.15) is 17.3 Å². The highest BCUT2D eigenvalue weighted by Crippen LogP contribution is 2.32. The van der Waals surface area contributed by atoms with Gasteiger partial charge in [-0.1, -0.05) is 12.1 Å². The van der Waals surface area contributed by atoms with Crippen molar-refractivity contribution in [2.45, 2.75) is 19.3 Å². The van der Waals surface area contributed by atoms with E-state index in [0.717, 1.165) is 17.7 Å². The summed E-state index contributed by atoms with van der Waals surface area (Å²) < 4.78 is 48.3. The number of nitrogens with one attached hydrogen (secondary N) is 2. The molecule has 9 nitrogen and oxygen atoms in total. The van der Waals surface area contributed by atoms with Gasteiger partial charge in [-0.2, -0.15) is 0 Å². The first-order valence-electron chi connectivity index (χ1n) is 11.7. The number of carbonyl (C=O) groups is 2. The van der Waals surface area contributed by atoms with Crippen LogP contribution in [0.5, 0.6) is 5.75 Å². The molecule has 0 saturated carbocycles. The number of amides is 2. The number of anilines is 3. The number of hydrogen-bond acceptors (Lipinski definition) is 7. The van der Waals surface area contributed by atoms with Crippen molar-refractivity contribution in [2.75, 3.05) is 42.7 Å². The Labute approximate surface area is 216 Å². The number of pyridine rings is 1. The van der Waals surface area contributed by atoms with E-state index < -0.39 is 30.0 Å². The molecule has 1 aliphatic heterocycles. The Morgan fingerprint density at radius 1 is 1.05 bits per heavy atom. The number of benzene rings is 2. The maximum atomic E-state index is 13.0. The van der Waals surface area contributed by atoms with Gasteiger partial charge in [-0.25, -0.2) is 0 Å². The van der Waals surface area contributed by atoms with Crippen LogP contribution in [0.25, 0.3) is 11.3 Å². The van der Waals surface area contributed by atoms with E-state index in [-0.39, 0.29) is 11.3 Å². The van der Waals surface area contributed by atoms with Gasteiger partial charge in [-0.3, -0.25) is 19.5 Å². The number of nitrogen functional groups attached to an aromatic ring is 1. The minimum Gasteiger partial charge on any atom is -0.404 e. The standard InChI is InChI=1S/C26H26F3N5O4/c1-16(34-10-12-37-13-11-34)24(35)33-22-14-18(4-9-23(22)38-26(27,28)29)25(36)32-20-7-8-21(31-15-20)17-2-5-19(30)6-3-17/h2-9,14-16H,10-13,30H2,1H3,(H,32,36)(H,33,35)/t16-/m1/s1. The Bertz CT molecular complexity index is 1280. The maximum absolute atomic E-state index is 13.0. The molecule has 1 atom stereocenters. The normalized spacial score (nSPS) is 14.9. The van der Waals surface area contributed by atoms with Crippen molar-refractivity contribution in [2.24, 2.45) is 0 Å². The van der Waals surface area contributed by atoms with Crippen LogP contribution in [0.4, 0.5) is 30.2 Å². The van der Waals surface area contributed by atoms with Crippen LogP contribution in [-0.4, -0.2) is 60.4 Å². The number of carbonyl (C=O) groups excluding carboxylic acids is 2. The monoisotopic (exact) mass is 529 g/mol. The van der Waals surface area contributed by atoms with Gasteiger partial charge in [0.15, 0.2) is 5.75 Å². The quantitative estimate of drug-likeness (QED) is 0.394. The fourth-order valence-electron chi connectivity index (χ4n) is 3.85. The lowest BCUT2D eigenvalue weighted by Crippen LogP contribution is -2.47. The average molecular weight is 530 g/mol. The Balaban J connectivity index is 1.50. The molecule has 0 bridgehead atoms. The number of rotatable bonds is 7. The molecule has 1 aliphatic rings. The van der Waals surface area contributed by atoms with Gasteiger partial charge in [0.2, 0.25) is 5.91 Å². The van der Waals surface area contributed by atoms with Gasteiger partial charge in [0.1, 0.15) is 0 Å². The molecule has 200 valence electrons. The molecule has 0 spiro atoms. The van der Waals surface area contributed by atoms with Gasteiger partial charge in [-0.05, 0) is 49.4 Å². The summed E-state index contributed by atoms with van der Waals surface area (Å²) in [4.78, 5) is 31.9. The molecule has 2 heterocycles. The number of hydrogen-bond donors (Lipinski definition) is 3. The minimum absolute atomic E-state index is 0.0106. The summed E-state index contributed by atoms with van der Waals surface area (Å²) in [5.41, 5.74) is 7.93. The number of ether oxygens (including phenoxy) is 2. The molecule has 0 aliphatic carbocycles. The molecule has 1 fully saturated rings. The van der Waals surface area contributed by atoms with Crippen LogP contribution in [0.3, 0.4) is 0 Å². The van der Waals surface area contributed by atoms with Gasteiger partial charge in [0.05, 0.1) is 42.5 Å². The second-order valence-corrected chi connectivity index (χ2v) is 8.58. The number of alkyl halides is 3. The molecule has 4 N–H and O–H groups in total. The number of halogens is 3. The third-order valence-electron chi connectivity index (χ3n) is 5.93. The van der Waals surface area contributed by atoms with E-state index in [4.69, 9.17) is 10.5 Å². The lowest BCUT2D eigenvalue weighted by molar-refractivity contribution is -0.274. The van der Waals surface area contributed by atoms with E-state index in [1.807, 2.05) is 17.0 Å². The van der Waals surface area contributed by atoms with Gasteiger partial charge < -0.3 is 25.8 Å². The van der Waals surface area contributed by atoms with Crippen LogP contribution in [-0.2, 0) is 9.53 Å². The highest BCUT2D eigenvalue weighted by Gasteiger charge is 2.33. The maximum Gasteiger partial charge on any atom is 0.573 e. The van der Waals surface area contributed by atoms with Gasteiger partial charge in [-0.15, -0.1) is 13.2 Å². The van der Waals surface area contributed by atoms with E-state index in [1.54, 1.807) is 31.2 Å². The molecule has 2 amide bonds. The van der Waals surface area contributed by atoms with Crippen LogP contribution in [0, 0.1) is 0 Å². The lowest BCUT2D eigenvalue weighted by atomic mass is 10.1. The van der Waals surface area contributed by atoms with Crippen molar-refractivity contribution >= 4 is 28.9 Å². The third-order valence-corrected chi connectivity index (χ3v) is 5.93. The van der Waals surface area contributed by atoms with Crippen LogP contribution >= 0.6 is 0 Å². The van der Waals surface area contributed by atoms with Crippen molar-refractivity contribution in [1.82, 2.24) is 9.88 Å².